The van der Waals surface area contributed by atoms with Crippen molar-refractivity contribution in [3.8, 4) is 0 Å². The Hall–Kier alpha value is -2.04. The van der Waals surface area contributed by atoms with Crippen molar-refractivity contribution in [2.45, 2.75) is 18.6 Å². The van der Waals surface area contributed by atoms with E-state index in [1.807, 2.05) is 0 Å². The maximum absolute atomic E-state index is 11.8. The minimum absolute atomic E-state index is 0.0393. The van der Waals surface area contributed by atoms with Crippen LogP contribution in [-0.4, -0.2) is 47.1 Å². The Morgan fingerprint density at radius 1 is 1.46 bits per heavy atom. The minimum Gasteiger partial charge on any atom is -0.392 e. The van der Waals surface area contributed by atoms with Crippen LogP contribution in [0.3, 0.4) is 0 Å². The summed E-state index contributed by atoms with van der Waals surface area (Å²) < 4.78 is 16.8. The standard InChI is InChI=1S/C12H16N5O6P/c13-12-15-10-9(11(19)16-12)14-5-17(10)7-2-1-6(8(18)3-7)4-23-24(20,21)22/h1-2,5-8,18H,3-4H2,(H2,20,21,22)(H3,13,15,16,19)/t6-,7-,8+/m0/s1. The number of nitrogen functional groups attached to an aromatic ring is 1. The summed E-state index contributed by atoms with van der Waals surface area (Å²) in [5, 5.41) is 10.2. The Balaban J connectivity index is 1.85. The van der Waals surface area contributed by atoms with Crippen molar-refractivity contribution in [2.24, 2.45) is 5.92 Å². The van der Waals surface area contributed by atoms with Gasteiger partial charge in [0.1, 0.15) is 0 Å². The van der Waals surface area contributed by atoms with Crippen molar-refractivity contribution in [1.82, 2.24) is 19.5 Å². The normalized spacial score (nSPS) is 24.5. The molecule has 0 saturated heterocycles. The highest BCUT2D eigenvalue weighted by Crippen LogP contribution is 2.38. The molecule has 0 bridgehead atoms. The lowest BCUT2D eigenvalue weighted by molar-refractivity contribution is 0.0667. The van der Waals surface area contributed by atoms with Gasteiger partial charge < -0.3 is 25.2 Å². The number of phosphoric ester groups is 1. The zero-order chi connectivity index (χ0) is 17.5. The van der Waals surface area contributed by atoms with E-state index in [0.29, 0.717) is 5.65 Å². The summed E-state index contributed by atoms with van der Waals surface area (Å²) in [6.45, 7) is -0.301. The number of rotatable bonds is 4. The van der Waals surface area contributed by atoms with Gasteiger partial charge >= 0.3 is 7.82 Å². The van der Waals surface area contributed by atoms with Crippen LogP contribution < -0.4 is 11.3 Å². The Morgan fingerprint density at radius 3 is 2.88 bits per heavy atom. The average molecular weight is 357 g/mol. The number of aliphatic hydroxyl groups is 1. The number of hydrogen-bond acceptors (Lipinski definition) is 7. The Morgan fingerprint density at radius 2 is 2.21 bits per heavy atom. The molecule has 6 N–H and O–H groups in total. The molecule has 0 aliphatic heterocycles. The van der Waals surface area contributed by atoms with Gasteiger partial charge in [0.2, 0.25) is 5.95 Å². The van der Waals surface area contributed by atoms with Gasteiger partial charge in [-0.15, -0.1) is 0 Å². The van der Waals surface area contributed by atoms with Crippen molar-refractivity contribution < 1.29 is 24.0 Å². The second-order valence-electron chi connectivity index (χ2n) is 5.48. The lowest BCUT2D eigenvalue weighted by atomic mass is 9.90. The van der Waals surface area contributed by atoms with Gasteiger partial charge in [0.15, 0.2) is 11.2 Å². The van der Waals surface area contributed by atoms with Crippen LogP contribution in [0, 0.1) is 5.92 Å². The number of nitrogens with two attached hydrogens (primary N) is 1. The molecule has 1 aliphatic rings. The Labute approximate surface area is 135 Å². The molecule has 24 heavy (non-hydrogen) atoms. The number of imidazole rings is 1. The molecule has 0 saturated carbocycles. The fourth-order valence-corrected chi connectivity index (χ4v) is 3.01. The van der Waals surface area contributed by atoms with E-state index < -0.39 is 25.4 Å². The van der Waals surface area contributed by atoms with Crippen LogP contribution in [0.2, 0.25) is 0 Å². The average Bonchev–Trinajstić information content (AvgIpc) is 2.89. The van der Waals surface area contributed by atoms with Gasteiger partial charge in [-0.25, -0.2) is 9.55 Å². The molecule has 0 amide bonds. The maximum Gasteiger partial charge on any atom is 0.469 e. The number of H-pyrrole nitrogens is 1. The van der Waals surface area contributed by atoms with Gasteiger partial charge in [-0.05, 0) is 6.42 Å². The number of aromatic nitrogens is 4. The highest BCUT2D eigenvalue weighted by Gasteiger charge is 2.29. The minimum atomic E-state index is -4.59. The van der Waals surface area contributed by atoms with Crippen LogP contribution in [0.25, 0.3) is 11.2 Å². The van der Waals surface area contributed by atoms with Crippen molar-refractivity contribution in [2.75, 3.05) is 12.3 Å². The third kappa shape index (κ3) is 3.40. The number of phosphoric acid groups is 1. The SMILES string of the molecule is Nc1nc2c(ncn2[C@H]2C=C[C@@H](COP(=O)(O)O)[C@H](O)C2)c(=O)[nH]1. The maximum atomic E-state index is 11.8. The molecule has 11 nitrogen and oxygen atoms in total. The summed E-state index contributed by atoms with van der Waals surface area (Å²) >= 11 is 0. The summed E-state index contributed by atoms with van der Waals surface area (Å²) in [4.78, 5) is 39.7. The molecule has 1 aliphatic carbocycles. The number of aliphatic hydroxyl groups excluding tert-OH is 1. The molecule has 0 unspecified atom stereocenters. The smallest absolute Gasteiger partial charge is 0.392 e. The number of anilines is 1. The van der Waals surface area contributed by atoms with Crippen molar-refractivity contribution in [1.29, 1.82) is 0 Å². The molecule has 12 heteroatoms. The number of nitrogens with zero attached hydrogens (tertiary/aromatic N) is 3. The second-order valence-corrected chi connectivity index (χ2v) is 6.72. The summed E-state index contributed by atoms with van der Waals surface area (Å²) in [6.07, 6.45) is 4.13. The van der Waals surface area contributed by atoms with Crippen LogP contribution in [0.4, 0.5) is 5.95 Å². The predicted molar refractivity (Wildman–Crippen MR) is 82.8 cm³/mol. The summed E-state index contributed by atoms with van der Waals surface area (Å²) in [7, 11) is -4.59. The van der Waals surface area contributed by atoms with E-state index in [-0.39, 0.29) is 30.5 Å². The van der Waals surface area contributed by atoms with E-state index in [1.54, 1.807) is 16.7 Å². The van der Waals surface area contributed by atoms with Crippen LogP contribution >= 0.6 is 7.82 Å². The monoisotopic (exact) mass is 357 g/mol. The molecule has 2 heterocycles. The molecular weight excluding hydrogens is 341 g/mol. The second kappa shape index (κ2) is 6.11. The molecule has 0 spiro atoms. The number of nitrogens with one attached hydrogen (secondary N) is 1. The summed E-state index contributed by atoms with van der Waals surface area (Å²) in [5.41, 5.74) is 5.52. The summed E-state index contributed by atoms with van der Waals surface area (Å²) in [5.74, 6) is -0.590. The first-order valence-corrected chi connectivity index (χ1v) is 8.56. The molecule has 2 aromatic heterocycles. The van der Waals surface area contributed by atoms with Gasteiger partial charge in [0.05, 0.1) is 25.1 Å². The molecule has 0 fully saturated rings. The molecule has 0 aromatic carbocycles. The topological polar surface area (TPSA) is 177 Å². The predicted octanol–water partition coefficient (Wildman–Crippen LogP) is -0.711. The zero-order valence-electron chi connectivity index (χ0n) is 12.3. The summed E-state index contributed by atoms with van der Waals surface area (Å²) in [6, 6.07) is -0.329. The molecule has 2 aromatic rings. The lowest BCUT2D eigenvalue weighted by Crippen LogP contribution is -2.30. The van der Waals surface area contributed by atoms with Gasteiger partial charge in [-0.2, -0.15) is 4.98 Å². The fraction of sp³-hybridized carbons (Fsp3) is 0.417. The Kier molecular flexibility index (Phi) is 4.28. The molecule has 3 atom stereocenters. The largest absolute Gasteiger partial charge is 0.469 e. The molecular formula is C12H16N5O6P. The zero-order valence-corrected chi connectivity index (χ0v) is 13.2. The molecule has 130 valence electrons. The number of fused-ring (bicyclic) bond motifs is 1. The Bertz CT molecular complexity index is 886. The number of hydrogen-bond donors (Lipinski definition) is 5. The van der Waals surface area contributed by atoms with Gasteiger partial charge in [-0.3, -0.25) is 14.3 Å². The fourth-order valence-electron chi connectivity index (χ4n) is 2.64. The van der Waals surface area contributed by atoms with Gasteiger partial charge in [0.25, 0.3) is 5.56 Å². The quantitative estimate of drug-likeness (QED) is 0.349. The van der Waals surface area contributed by atoms with Crippen molar-refractivity contribution >= 4 is 24.9 Å². The van der Waals surface area contributed by atoms with Crippen LogP contribution in [-0.2, 0) is 9.09 Å². The van der Waals surface area contributed by atoms with E-state index in [4.69, 9.17) is 15.5 Å². The van der Waals surface area contributed by atoms with Crippen LogP contribution in [0.5, 0.6) is 0 Å². The van der Waals surface area contributed by atoms with Gasteiger partial charge in [0, 0.05) is 5.92 Å². The van der Waals surface area contributed by atoms with Gasteiger partial charge in [-0.1, -0.05) is 12.2 Å². The number of allylic oxidation sites excluding steroid dienone is 1. The first kappa shape index (κ1) is 16.8. The first-order chi connectivity index (χ1) is 11.2. The lowest BCUT2D eigenvalue weighted by Gasteiger charge is -2.28. The van der Waals surface area contributed by atoms with Crippen LogP contribution in [0.1, 0.15) is 12.5 Å². The van der Waals surface area contributed by atoms with E-state index in [0.717, 1.165) is 0 Å². The van der Waals surface area contributed by atoms with E-state index in [9.17, 15) is 14.5 Å². The highest BCUT2D eigenvalue weighted by molar-refractivity contribution is 7.46. The number of aromatic amines is 1. The van der Waals surface area contributed by atoms with Crippen molar-refractivity contribution in [3.05, 3.63) is 28.8 Å². The molecule has 0 radical (unpaired) electrons. The van der Waals surface area contributed by atoms with Crippen molar-refractivity contribution in [3.63, 3.8) is 0 Å². The highest BCUT2D eigenvalue weighted by atomic mass is 31.2. The third-order valence-electron chi connectivity index (χ3n) is 3.80. The van der Waals surface area contributed by atoms with E-state index in [1.165, 1.54) is 6.33 Å². The van der Waals surface area contributed by atoms with Crippen LogP contribution in [0.15, 0.2) is 23.3 Å². The van der Waals surface area contributed by atoms with E-state index in [2.05, 4.69) is 19.5 Å². The first-order valence-electron chi connectivity index (χ1n) is 7.03. The van der Waals surface area contributed by atoms with E-state index >= 15 is 0 Å². The molecule has 3 rings (SSSR count). The third-order valence-corrected chi connectivity index (χ3v) is 4.29.